The summed E-state index contributed by atoms with van der Waals surface area (Å²) in [7, 11) is 1.71. The summed E-state index contributed by atoms with van der Waals surface area (Å²) in [5, 5.41) is 8.93. The van der Waals surface area contributed by atoms with Crippen LogP contribution in [0.25, 0.3) is 11.0 Å². The fourth-order valence-corrected chi connectivity index (χ4v) is 9.39. The van der Waals surface area contributed by atoms with E-state index in [0.29, 0.717) is 67.9 Å². The lowest BCUT2D eigenvalue weighted by Crippen LogP contribution is -2.63. The van der Waals surface area contributed by atoms with Gasteiger partial charge in [-0.25, -0.2) is 24.1 Å². The van der Waals surface area contributed by atoms with Crippen molar-refractivity contribution in [3.05, 3.63) is 87.5 Å². The zero-order valence-corrected chi connectivity index (χ0v) is 34.1. The zero-order valence-electron chi connectivity index (χ0n) is 34.1. The molecule has 17 nitrogen and oxygen atoms in total. The number of imide groups is 1. The summed E-state index contributed by atoms with van der Waals surface area (Å²) < 4.78 is 24.3. The SMILES string of the molecule is Cc1c(N2CCc3cnc(Nc4ccc(CC(=O)N5CCN(C6CN(c7cccc8c7n(C)c(=O)n8C7CCC(=O)NC7=O)C6)CC5)c(F)c4)nc3C2)cnc2c1NCCO2. The van der Waals surface area contributed by atoms with Crippen LogP contribution < -0.4 is 36.2 Å². The van der Waals surface area contributed by atoms with Gasteiger partial charge >= 0.3 is 5.69 Å². The van der Waals surface area contributed by atoms with E-state index in [0.717, 1.165) is 72.0 Å². The molecule has 1 unspecified atom stereocenters. The largest absolute Gasteiger partial charge is 0.474 e. The molecule has 1 atom stereocenters. The molecule has 3 amide bonds. The van der Waals surface area contributed by atoms with E-state index in [1.165, 1.54) is 10.6 Å². The molecule has 3 aromatic heterocycles. The number of aryl methyl sites for hydroxylation is 1. The van der Waals surface area contributed by atoms with E-state index < -0.39 is 17.8 Å². The molecule has 5 aromatic rings. The van der Waals surface area contributed by atoms with Crippen LogP contribution >= 0.6 is 0 Å². The highest BCUT2D eigenvalue weighted by molar-refractivity contribution is 6.00. The minimum absolute atomic E-state index is 0.0334. The Kier molecular flexibility index (Phi) is 9.80. The topological polar surface area (TPSA) is 175 Å². The highest BCUT2D eigenvalue weighted by Gasteiger charge is 2.37. The van der Waals surface area contributed by atoms with Gasteiger partial charge in [-0.3, -0.25) is 33.7 Å². The van der Waals surface area contributed by atoms with E-state index in [9.17, 15) is 19.2 Å². The van der Waals surface area contributed by atoms with Crippen molar-refractivity contribution in [1.82, 2.24) is 39.2 Å². The number of para-hydroxylation sites is 1. The fourth-order valence-electron chi connectivity index (χ4n) is 9.39. The van der Waals surface area contributed by atoms with Gasteiger partial charge in [0, 0.05) is 89.3 Å². The molecule has 10 rings (SSSR count). The third kappa shape index (κ3) is 7.07. The Balaban J connectivity index is 0.727. The Hall–Kier alpha value is -6.56. The predicted molar refractivity (Wildman–Crippen MR) is 226 cm³/mol. The number of imidazole rings is 1. The number of benzene rings is 2. The summed E-state index contributed by atoms with van der Waals surface area (Å²) in [6.45, 7) is 8.83. The molecule has 316 valence electrons. The number of pyridine rings is 1. The molecule has 3 saturated heterocycles. The van der Waals surface area contributed by atoms with Crippen LogP contribution in [0.4, 0.5) is 33.1 Å². The van der Waals surface area contributed by atoms with Crippen LogP contribution in [0.5, 0.6) is 5.88 Å². The van der Waals surface area contributed by atoms with E-state index in [4.69, 9.17) is 9.72 Å². The van der Waals surface area contributed by atoms with Gasteiger partial charge in [-0.2, -0.15) is 0 Å². The molecule has 2 aromatic carbocycles. The number of nitrogens with one attached hydrogen (secondary N) is 3. The molecule has 61 heavy (non-hydrogen) atoms. The molecule has 0 saturated carbocycles. The van der Waals surface area contributed by atoms with E-state index in [2.05, 4.69) is 47.5 Å². The van der Waals surface area contributed by atoms with Crippen molar-refractivity contribution in [1.29, 1.82) is 0 Å². The van der Waals surface area contributed by atoms with Crippen LogP contribution in [0.2, 0.25) is 0 Å². The van der Waals surface area contributed by atoms with E-state index in [-0.39, 0.29) is 42.8 Å². The first kappa shape index (κ1) is 38.6. The number of amides is 3. The van der Waals surface area contributed by atoms with Gasteiger partial charge in [0.05, 0.1) is 47.3 Å². The van der Waals surface area contributed by atoms with Gasteiger partial charge in [-0.15, -0.1) is 0 Å². The van der Waals surface area contributed by atoms with Crippen molar-refractivity contribution in [2.45, 2.75) is 51.2 Å². The van der Waals surface area contributed by atoms with Crippen molar-refractivity contribution in [3.8, 4) is 5.88 Å². The van der Waals surface area contributed by atoms with Crippen LogP contribution in [-0.4, -0.2) is 117 Å². The first-order chi connectivity index (χ1) is 29.6. The molecule has 8 heterocycles. The molecule has 0 aliphatic carbocycles. The van der Waals surface area contributed by atoms with Crippen LogP contribution in [0.1, 0.15) is 41.3 Å². The third-order valence-electron chi connectivity index (χ3n) is 12.8. The van der Waals surface area contributed by atoms with Crippen molar-refractivity contribution >= 4 is 57.5 Å². The number of hydrogen-bond acceptors (Lipinski definition) is 13. The number of hydrogen-bond donors (Lipinski definition) is 3. The summed E-state index contributed by atoms with van der Waals surface area (Å²) in [5.41, 5.74) is 7.89. The number of rotatable bonds is 8. The maximum Gasteiger partial charge on any atom is 0.329 e. The van der Waals surface area contributed by atoms with Crippen molar-refractivity contribution in [2.24, 2.45) is 7.05 Å². The number of nitrogens with zero attached hydrogens (tertiary/aromatic N) is 9. The van der Waals surface area contributed by atoms with Crippen molar-refractivity contribution in [3.63, 3.8) is 0 Å². The second-order valence-electron chi connectivity index (χ2n) is 16.5. The fraction of sp³-hybridized carbons (Fsp3) is 0.419. The third-order valence-corrected chi connectivity index (χ3v) is 12.8. The number of piperidine rings is 1. The molecule has 3 N–H and O–H groups in total. The first-order valence-electron chi connectivity index (χ1n) is 20.9. The summed E-state index contributed by atoms with van der Waals surface area (Å²) in [4.78, 5) is 73.8. The molecular weight excluding hydrogens is 784 g/mol. The average molecular weight is 831 g/mol. The normalized spacial score (nSPS) is 19.5. The number of ether oxygens (including phenoxy) is 1. The highest BCUT2D eigenvalue weighted by Crippen LogP contribution is 2.37. The molecule has 0 bridgehead atoms. The number of carbonyl (C=O) groups is 3. The Bertz CT molecular complexity index is 2650. The lowest BCUT2D eigenvalue weighted by molar-refractivity contribution is -0.136. The quantitative estimate of drug-likeness (QED) is 0.195. The predicted octanol–water partition coefficient (Wildman–Crippen LogP) is 2.64. The van der Waals surface area contributed by atoms with Gasteiger partial charge in [0.15, 0.2) is 0 Å². The van der Waals surface area contributed by atoms with Crippen LogP contribution in [0, 0.1) is 12.7 Å². The van der Waals surface area contributed by atoms with Crippen molar-refractivity contribution < 1.29 is 23.5 Å². The Morgan fingerprint density at radius 2 is 1.82 bits per heavy atom. The summed E-state index contributed by atoms with van der Waals surface area (Å²) in [6, 6.07) is 10.1. The Labute approximate surface area is 350 Å². The van der Waals surface area contributed by atoms with Gasteiger partial charge < -0.3 is 30.1 Å². The van der Waals surface area contributed by atoms with E-state index in [1.807, 2.05) is 35.5 Å². The monoisotopic (exact) mass is 830 g/mol. The van der Waals surface area contributed by atoms with Crippen LogP contribution in [-0.2, 0) is 40.8 Å². The number of anilines is 5. The molecule has 0 radical (unpaired) electrons. The maximum absolute atomic E-state index is 15.5. The minimum Gasteiger partial charge on any atom is -0.474 e. The lowest BCUT2D eigenvalue weighted by atomic mass is 10.0. The second kappa shape index (κ2) is 15.5. The molecule has 5 aliphatic heterocycles. The van der Waals surface area contributed by atoms with Gasteiger partial charge in [-0.05, 0) is 55.2 Å². The number of aromatic nitrogens is 5. The number of carbonyl (C=O) groups excluding carboxylic acids is 3. The summed E-state index contributed by atoms with van der Waals surface area (Å²) in [6.07, 6.45) is 4.91. The lowest BCUT2D eigenvalue weighted by Gasteiger charge is -2.49. The van der Waals surface area contributed by atoms with E-state index in [1.54, 1.807) is 23.7 Å². The van der Waals surface area contributed by atoms with Gasteiger partial charge in [0.1, 0.15) is 24.2 Å². The van der Waals surface area contributed by atoms with Gasteiger partial charge in [-0.1, -0.05) is 12.1 Å². The maximum atomic E-state index is 15.5. The first-order valence-corrected chi connectivity index (χ1v) is 20.9. The van der Waals surface area contributed by atoms with E-state index >= 15 is 4.39 Å². The van der Waals surface area contributed by atoms with Gasteiger partial charge in [0.2, 0.25) is 29.5 Å². The molecule has 5 aliphatic rings. The number of fused-ring (bicyclic) bond motifs is 3. The minimum atomic E-state index is -0.738. The molecule has 3 fully saturated rings. The van der Waals surface area contributed by atoms with Gasteiger partial charge in [0.25, 0.3) is 0 Å². The second-order valence-corrected chi connectivity index (χ2v) is 16.5. The molecular formula is C43H47FN12O5. The average Bonchev–Trinajstić information content (AvgIpc) is 3.50. The smallest absolute Gasteiger partial charge is 0.329 e. The summed E-state index contributed by atoms with van der Waals surface area (Å²) in [5.74, 6) is -0.358. The molecule has 0 spiro atoms. The summed E-state index contributed by atoms with van der Waals surface area (Å²) >= 11 is 0. The zero-order chi connectivity index (χ0) is 41.9. The Morgan fingerprint density at radius 1 is 0.984 bits per heavy atom. The van der Waals surface area contributed by atoms with Crippen molar-refractivity contribution in [2.75, 3.05) is 79.4 Å². The Morgan fingerprint density at radius 3 is 2.62 bits per heavy atom. The van der Waals surface area contributed by atoms with Crippen LogP contribution in [0.3, 0.4) is 0 Å². The standard InChI is InChI=1S/C43H47FN12O5/c1-25-35(21-46-41-38(25)45-11-17-61-41)54-12-10-27-20-47-42(49-31(27)24-54)48-28-7-6-26(30(44)19-28)18-37(58)53-15-13-52(14-16-53)29-22-55(23-29)32-4-3-5-33-39(32)51(2)43(60)56(33)34-8-9-36(57)50-40(34)59/h3-7,19-21,29,34,45H,8-18,22-24H2,1-2H3,(H,47,48,49)(H,50,57,59). The highest BCUT2D eigenvalue weighted by atomic mass is 19.1. The number of halogens is 1. The number of piperazine rings is 1. The van der Waals surface area contributed by atoms with Crippen LogP contribution in [0.15, 0.2) is 53.6 Å². The molecule has 18 heteroatoms.